The first kappa shape index (κ1) is 11.1. The fourth-order valence-electron chi connectivity index (χ4n) is 1.12. The first-order valence-corrected chi connectivity index (χ1v) is 4.95. The van der Waals surface area contributed by atoms with Gasteiger partial charge in [-0.1, -0.05) is 19.9 Å². The molecule has 0 aliphatic rings. The molecule has 0 radical (unpaired) electrons. The molecule has 2 N–H and O–H groups in total. The van der Waals surface area contributed by atoms with Gasteiger partial charge in [-0.15, -0.1) is 0 Å². The predicted octanol–water partition coefficient (Wildman–Crippen LogP) is 1.71. The molecule has 14 heavy (non-hydrogen) atoms. The van der Waals surface area contributed by atoms with Crippen LogP contribution in [0.25, 0.3) is 0 Å². The van der Waals surface area contributed by atoms with Crippen molar-refractivity contribution in [3.8, 4) is 0 Å². The first-order chi connectivity index (χ1) is 6.72. The fraction of sp³-hybridized carbons (Fsp3) is 0.545. The van der Waals surface area contributed by atoms with Crippen molar-refractivity contribution in [1.82, 2.24) is 4.98 Å². The molecule has 0 aliphatic carbocycles. The molecule has 1 heterocycles. The smallest absolute Gasteiger partial charge is 0.0888 e. The Kier molecular flexibility index (Phi) is 4.56. The highest BCUT2D eigenvalue weighted by Crippen LogP contribution is 2.02. The van der Waals surface area contributed by atoms with Gasteiger partial charge in [0.15, 0.2) is 0 Å². The first-order valence-electron chi connectivity index (χ1n) is 4.95. The van der Waals surface area contributed by atoms with E-state index in [1.54, 1.807) is 0 Å². The van der Waals surface area contributed by atoms with E-state index in [9.17, 15) is 0 Å². The lowest BCUT2D eigenvalue weighted by Crippen LogP contribution is -2.05. The standard InChI is InChI=1S/C11H18N2O/c1-9(2)7-14-8-11-5-3-4-10(6-12)13-11/h3-5,9H,6-8,12H2,1-2H3. The van der Waals surface area contributed by atoms with Crippen molar-refractivity contribution in [2.75, 3.05) is 6.61 Å². The summed E-state index contributed by atoms with van der Waals surface area (Å²) in [5, 5.41) is 0. The summed E-state index contributed by atoms with van der Waals surface area (Å²) in [5.41, 5.74) is 7.36. The van der Waals surface area contributed by atoms with Crippen LogP contribution in [-0.4, -0.2) is 11.6 Å². The van der Waals surface area contributed by atoms with Gasteiger partial charge in [0.05, 0.1) is 18.0 Å². The second-order valence-corrected chi connectivity index (χ2v) is 3.73. The molecule has 0 fully saturated rings. The third-order valence-corrected chi connectivity index (χ3v) is 1.77. The average molecular weight is 194 g/mol. The zero-order chi connectivity index (χ0) is 10.4. The monoisotopic (exact) mass is 194 g/mol. The van der Waals surface area contributed by atoms with Crippen LogP contribution in [0.4, 0.5) is 0 Å². The molecule has 0 amide bonds. The predicted molar refractivity (Wildman–Crippen MR) is 56.6 cm³/mol. The number of rotatable bonds is 5. The summed E-state index contributed by atoms with van der Waals surface area (Å²) in [6.45, 7) is 6.09. The molecular weight excluding hydrogens is 176 g/mol. The zero-order valence-electron chi connectivity index (χ0n) is 8.86. The van der Waals surface area contributed by atoms with Crippen LogP contribution in [-0.2, 0) is 17.9 Å². The van der Waals surface area contributed by atoms with Crippen LogP contribution >= 0.6 is 0 Å². The van der Waals surface area contributed by atoms with E-state index in [2.05, 4.69) is 18.8 Å². The van der Waals surface area contributed by atoms with E-state index < -0.39 is 0 Å². The Hall–Kier alpha value is -0.930. The van der Waals surface area contributed by atoms with Crippen molar-refractivity contribution in [2.45, 2.75) is 27.0 Å². The number of nitrogens with two attached hydrogens (primary N) is 1. The fourth-order valence-corrected chi connectivity index (χ4v) is 1.12. The molecule has 0 saturated heterocycles. The molecule has 1 rings (SSSR count). The van der Waals surface area contributed by atoms with Crippen molar-refractivity contribution in [3.63, 3.8) is 0 Å². The number of hydrogen-bond donors (Lipinski definition) is 1. The summed E-state index contributed by atoms with van der Waals surface area (Å²) < 4.78 is 5.48. The van der Waals surface area contributed by atoms with Crippen molar-refractivity contribution >= 4 is 0 Å². The maximum Gasteiger partial charge on any atom is 0.0888 e. The number of ether oxygens (including phenoxy) is 1. The van der Waals surface area contributed by atoms with Gasteiger partial charge in [0, 0.05) is 13.2 Å². The van der Waals surface area contributed by atoms with Gasteiger partial charge in [-0.3, -0.25) is 4.98 Å². The van der Waals surface area contributed by atoms with Crippen LogP contribution in [0, 0.1) is 5.92 Å². The van der Waals surface area contributed by atoms with Crippen LogP contribution in [0.5, 0.6) is 0 Å². The van der Waals surface area contributed by atoms with E-state index in [0.29, 0.717) is 19.1 Å². The molecule has 0 bridgehead atoms. The molecule has 0 saturated carbocycles. The van der Waals surface area contributed by atoms with E-state index in [4.69, 9.17) is 10.5 Å². The Morgan fingerprint density at radius 2 is 2.07 bits per heavy atom. The van der Waals surface area contributed by atoms with Gasteiger partial charge in [-0.2, -0.15) is 0 Å². The second-order valence-electron chi connectivity index (χ2n) is 3.73. The van der Waals surface area contributed by atoms with Crippen LogP contribution in [0.2, 0.25) is 0 Å². The summed E-state index contributed by atoms with van der Waals surface area (Å²) in [6.07, 6.45) is 0. The Morgan fingerprint density at radius 1 is 1.36 bits per heavy atom. The summed E-state index contributed by atoms with van der Waals surface area (Å²) in [4.78, 5) is 4.34. The van der Waals surface area contributed by atoms with Crippen molar-refractivity contribution in [1.29, 1.82) is 0 Å². The van der Waals surface area contributed by atoms with E-state index in [1.165, 1.54) is 0 Å². The zero-order valence-corrected chi connectivity index (χ0v) is 8.86. The number of aromatic nitrogens is 1. The van der Waals surface area contributed by atoms with Crippen molar-refractivity contribution < 1.29 is 4.74 Å². The summed E-state index contributed by atoms with van der Waals surface area (Å²) in [5.74, 6) is 0.563. The molecule has 0 spiro atoms. The van der Waals surface area contributed by atoms with Gasteiger partial charge < -0.3 is 10.5 Å². The number of pyridine rings is 1. The molecule has 1 aromatic rings. The van der Waals surface area contributed by atoms with E-state index in [1.807, 2.05) is 18.2 Å². The van der Waals surface area contributed by atoms with Gasteiger partial charge in [0.1, 0.15) is 0 Å². The third-order valence-electron chi connectivity index (χ3n) is 1.77. The highest BCUT2D eigenvalue weighted by Gasteiger charge is 1.98. The van der Waals surface area contributed by atoms with Gasteiger partial charge in [-0.25, -0.2) is 0 Å². The third kappa shape index (κ3) is 3.85. The maximum absolute atomic E-state index is 5.49. The van der Waals surface area contributed by atoms with E-state index >= 15 is 0 Å². The summed E-state index contributed by atoms with van der Waals surface area (Å²) in [6, 6.07) is 5.84. The molecule has 0 aliphatic heterocycles. The Bertz CT molecular complexity index is 274. The lowest BCUT2D eigenvalue weighted by Gasteiger charge is -2.06. The number of hydrogen-bond acceptors (Lipinski definition) is 3. The minimum absolute atomic E-state index is 0.484. The Balaban J connectivity index is 2.42. The highest BCUT2D eigenvalue weighted by atomic mass is 16.5. The highest BCUT2D eigenvalue weighted by molar-refractivity contribution is 5.10. The van der Waals surface area contributed by atoms with Crippen molar-refractivity contribution in [3.05, 3.63) is 29.6 Å². The van der Waals surface area contributed by atoms with E-state index in [-0.39, 0.29) is 0 Å². The van der Waals surface area contributed by atoms with Crippen LogP contribution in [0.3, 0.4) is 0 Å². The molecular formula is C11H18N2O. The van der Waals surface area contributed by atoms with Gasteiger partial charge in [-0.05, 0) is 18.1 Å². The molecule has 78 valence electrons. The van der Waals surface area contributed by atoms with E-state index in [0.717, 1.165) is 18.0 Å². The molecule has 3 nitrogen and oxygen atoms in total. The lowest BCUT2D eigenvalue weighted by molar-refractivity contribution is 0.0947. The number of nitrogens with zero attached hydrogens (tertiary/aromatic N) is 1. The van der Waals surface area contributed by atoms with Gasteiger partial charge in [0.25, 0.3) is 0 Å². The van der Waals surface area contributed by atoms with Crippen LogP contribution < -0.4 is 5.73 Å². The summed E-state index contributed by atoms with van der Waals surface area (Å²) >= 11 is 0. The topological polar surface area (TPSA) is 48.1 Å². The Labute approximate surface area is 85.3 Å². The molecule has 0 atom stereocenters. The van der Waals surface area contributed by atoms with Crippen molar-refractivity contribution in [2.24, 2.45) is 11.7 Å². The van der Waals surface area contributed by atoms with Crippen LogP contribution in [0.1, 0.15) is 25.2 Å². The molecule has 1 aromatic heterocycles. The lowest BCUT2D eigenvalue weighted by atomic mass is 10.2. The Morgan fingerprint density at radius 3 is 2.71 bits per heavy atom. The minimum Gasteiger partial charge on any atom is -0.375 e. The second kappa shape index (κ2) is 5.73. The molecule has 0 unspecified atom stereocenters. The largest absolute Gasteiger partial charge is 0.375 e. The van der Waals surface area contributed by atoms with Crippen LogP contribution in [0.15, 0.2) is 18.2 Å². The maximum atomic E-state index is 5.49. The van der Waals surface area contributed by atoms with Gasteiger partial charge >= 0.3 is 0 Å². The molecule has 0 aromatic carbocycles. The minimum atomic E-state index is 0.484. The normalized spacial score (nSPS) is 10.9. The quantitative estimate of drug-likeness (QED) is 0.776. The summed E-state index contributed by atoms with van der Waals surface area (Å²) in [7, 11) is 0. The van der Waals surface area contributed by atoms with Gasteiger partial charge in [0.2, 0.25) is 0 Å². The molecule has 3 heteroatoms. The average Bonchev–Trinajstić information content (AvgIpc) is 2.18. The SMILES string of the molecule is CC(C)COCc1cccc(CN)n1.